The Kier molecular flexibility index (Phi) is 0.854. The first kappa shape index (κ1) is 7.44. The summed E-state index contributed by atoms with van der Waals surface area (Å²) in [7, 11) is 0. The van der Waals surface area contributed by atoms with E-state index in [9.17, 15) is 0 Å². The SMILES string of the molecule is C1C[C@H]2C3CC[C@H]4C1C1C5C6C(C5[C@H]14)[C@@H]2C63. The van der Waals surface area contributed by atoms with Gasteiger partial charge in [-0.2, -0.15) is 0 Å². The van der Waals surface area contributed by atoms with E-state index >= 15 is 0 Å². The number of hydrogen-bond acceptors (Lipinski definition) is 0. The number of rotatable bonds is 0. The molecule has 8 unspecified atom stereocenters. The second kappa shape index (κ2) is 1.84. The first-order valence-corrected chi connectivity index (χ1v) is 7.97. The predicted molar refractivity (Wildman–Crippen MR) is 60.3 cm³/mol. The molecule has 6 aliphatic rings. The molecule has 0 aromatic carbocycles. The summed E-state index contributed by atoms with van der Waals surface area (Å²) in [6.45, 7) is 0. The Morgan fingerprint density at radius 2 is 0.562 bits per heavy atom. The fraction of sp³-hybridized carbons (Fsp3) is 1.00. The van der Waals surface area contributed by atoms with Crippen molar-refractivity contribution in [2.45, 2.75) is 25.7 Å². The summed E-state index contributed by atoms with van der Waals surface area (Å²) in [6, 6.07) is 0. The van der Waals surface area contributed by atoms with Gasteiger partial charge in [0.1, 0.15) is 0 Å². The van der Waals surface area contributed by atoms with Crippen LogP contribution in [0.2, 0.25) is 0 Å². The minimum Gasteiger partial charge on any atom is -0.0496 e. The zero-order valence-electron chi connectivity index (χ0n) is 9.76. The fourth-order valence-electron chi connectivity index (χ4n) is 9.20. The van der Waals surface area contributed by atoms with Gasteiger partial charge in [-0.15, -0.1) is 0 Å². The van der Waals surface area contributed by atoms with Crippen molar-refractivity contribution >= 4 is 0 Å². The molecular weight excluding hydrogens is 192 g/mol. The molecule has 0 nitrogen and oxygen atoms in total. The summed E-state index contributed by atoms with van der Waals surface area (Å²) < 4.78 is 0. The first-order valence-electron chi connectivity index (χ1n) is 7.97. The van der Waals surface area contributed by atoms with Gasteiger partial charge in [0.05, 0.1) is 0 Å². The van der Waals surface area contributed by atoms with Crippen molar-refractivity contribution < 1.29 is 0 Å². The van der Waals surface area contributed by atoms with E-state index in [0.717, 1.165) is 0 Å². The van der Waals surface area contributed by atoms with Crippen LogP contribution in [0.5, 0.6) is 0 Å². The molecule has 6 rings (SSSR count). The van der Waals surface area contributed by atoms with Gasteiger partial charge < -0.3 is 0 Å². The normalized spacial score (nSPS) is 87.0. The molecule has 0 heterocycles. The lowest BCUT2D eigenvalue weighted by molar-refractivity contribution is -0.399. The van der Waals surface area contributed by atoms with Gasteiger partial charge in [-0.3, -0.25) is 0 Å². The molecule has 12 atom stereocenters. The molecule has 0 spiro atoms. The van der Waals surface area contributed by atoms with Gasteiger partial charge in [0.2, 0.25) is 0 Å². The van der Waals surface area contributed by atoms with Gasteiger partial charge in [0.25, 0.3) is 0 Å². The monoisotopic (exact) mass is 212 g/mol. The highest BCUT2D eigenvalue weighted by Crippen LogP contribution is 2.90. The summed E-state index contributed by atoms with van der Waals surface area (Å²) >= 11 is 0. The van der Waals surface area contributed by atoms with E-state index < -0.39 is 0 Å². The van der Waals surface area contributed by atoms with Gasteiger partial charge in [-0.25, -0.2) is 0 Å². The van der Waals surface area contributed by atoms with Crippen molar-refractivity contribution in [3.63, 3.8) is 0 Å². The van der Waals surface area contributed by atoms with Crippen LogP contribution in [0.1, 0.15) is 25.7 Å². The maximum atomic E-state index is 1.67. The van der Waals surface area contributed by atoms with Crippen LogP contribution >= 0.6 is 0 Å². The largest absolute Gasteiger partial charge is 0.0496 e. The Labute approximate surface area is 97.2 Å². The lowest BCUT2D eigenvalue weighted by atomic mass is 9.18. The van der Waals surface area contributed by atoms with Crippen LogP contribution in [0.25, 0.3) is 0 Å². The highest BCUT2D eigenvalue weighted by atomic mass is 14.9. The van der Waals surface area contributed by atoms with Gasteiger partial charge in [0.15, 0.2) is 0 Å². The molecule has 0 saturated heterocycles. The van der Waals surface area contributed by atoms with Crippen LogP contribution in [0.3, 0.4) is 0 Å². The minimum atomic E-state index is 1.24. The lowest BCUT2D eigenvalue weighted by Crippen LogP contribution is -2.83. The van der Waals surface area contributed by atoms with Crippen LogP contribution in [0.4, 0.5) is 0 Å². The highest BCUT2D eigenvalue weighted by Gasteiger charge is 2.86. The molecular formula is C16H20. The molecule has 6 fully saturated rings. The predicted octanol–water partition coefficient (Wildman–Crippen LogP) is 3.04. The third-order valence-electron chi connectivity index (χ3n) is 9.19. The minimum absolute atomic E-state index is 1.24. The second-order valence-electron chi connectivity index (χ2n) is 8.43. The third kappa shape index (κ3) is 0.432. The van der Waals surface area contributed by atoms with Crippen molar-refractivity contribution in [3.8, 4) is 0 Å². The molecule has 84 valence electrons. The molecule has 6 aliphatic carbocycles. The zero-order valence-corrected chi connectivity index (χ0v) is 9.76. The van der Waals surface area contributed by atoms with E-state index in [-0.39, 0.29) is 0 Å². The van der Waals surface area contributed by atoms with Crippen LogP contribution in [-0.4, -0.2) is 0 Å². The van der Waals surface area contributed by atoms with Crippen molar-refractivity contribution in [1.82, 2.24) is 0 Å². The molecule has 0 aromatic heterocycles. The highest BCUT2D eigenvalue weighted by molar-refractivity contribution is 5.33. The standard InChI is InChI=1S/C16H20/c1-2-6-8-4-3-7-5(1)9-11(7)15-13(9)16-12(8)10(6)14(15)16/h5-16H,1-4H2/t5-,6?,7?,8-,9-,10?,11?,12-,13?,14?,15?,16?/m0/s1. The summed E-state index contributed by atoms with van der Waals surface area (Å²) in [5.74, 6) is 15.3. The van der Waals surface area contributed by atoms with Gasteiger partial charge >= 0.3 is 0 Å². The quantitative estimate of drug-likeness (QED) is 0.541. The Morgan fingerprint density at radius 3 is 0.812 bits per heavy atom. The third-order valence-corrected chi connectivity index (χ3v) is 9.19. The number of hydrogen-bond donors (Lipinski definition) is 0. The average molecular weight is 212 g/mol. The van der Waals surface area contributed by atoms with Gasteiger partial charge in [0, 0.05) is 0 Å². The van der Waals surface area contributed by atoms with Gasteiger partial charge in [-0.05, 0) is 96.7 Å². The van der Waals surface area contributed by atoms with Crippen molar-refractivity contribution in [2.24, 2.45) is 71.0 Å². The maximum absolute atomic E-state index is 1.67. The lowest BCUT2D eigenvalue weighted by Gasteiger charge is -2.86. The molecule has 0 N–H and O–H groups in total. The van der Waals surface area contributed by atoms with Crippen molar-refractivity contribution in [3.05, 3.63) is 0 Å². The Balaban J connectivity index is 1.52. The molecule has 0 aromatic rings. The van der Waals surface area contributed by atoms with E-state index in [1.165, 1.54) is 71.0 Å². The van der Waals surface area contributed by atoms with Crippen LogP contribution in [-0.2, 0) is 0 Å². The molecule has 6 saturated carbocycles. The molecule has 0 bridgehead atoms. The fourth-order valence-corrected chi connectivity index (χ4v) is 9.20. The van der Waals surface area contributed by atoms with Crippen molar-refractivity contribution in [1.29, 1.82) is 0 Å². The molecule has 0 radical (unpaired) electrons. The average Bonchev–Trinajstić information content (AvgIpc) is 2.36. The molecule has 0 aliphatic heterocycles. The van der Waals surface area contributed by atoms with E-state index in [1.807, 2.05) is 0 Å². The summed E-state index contributed by atoms with van der Waals surface area (Å²) in [5.41, 5.74) is 0. The zero-order chi connectivity index (χ0) is 9.76. The van der Waals surface area contributed by atoms with Crippen molar-refractivity contribution in [2.75, 3.05) is 0 Å². The molecule has 0 amide bonds. The maximum Gasteiger partial charge on any atom is -0.0312 e. The Bertz CT molecular complexity index is 259. The summed E-state index contributed by atoms with van der Waals surface area (Å²) in [5, 5.41) is 0. The Morgan fingerprint density at radius 1 is 0.312 bits per heavy atom. The smallest absolute Gasteiger partial charge is 0.0312 e. The van der Waals surface area contributed by atoms with Gasteiger partial charge in [-0.1, -0.05) is 0 Å². The van der Waals surface area contributed by atoms with Crippen LogP contribution < -0.4 is 0 Å². The molecule has 0 heteroatoms. The summed E-state index contributed by atoms with van der Waals surface area (Å²) in [4.78, 5) is 0. The van der Waals surface area contributed by atoms with Crippen LogP contribution in [0, 0.1) is 71.0 Å². The Hall–Kier alpha value is 0. The second-order valence-corrected chi connectivity index (χ2v) is 8.43. The molecule has 16 heavy (non-hydrogen) atoms. The topological polar surface area (TPSA) is 0 Å². The summed E-state index contributed by atoms with van der Waals surface area (Å²) in [6.07, 6.45) is 6.66. The number of fused-ring (bicyclic) bond motifs is 16. The first-order chi connectivity index (χ1) is 7.97. The van der Waals surface area contributed by atoms with E-state index in [4.69, 9.17) is 0 Å². The van der Waals surface area contributed by atoms with E-state index in [0.29, 0.717) is 0 Å². The van der Waals surface area contributed by atoms with Crippen LogP contribution in [0.15, 0.2) is 0 Å². The van der Waals surface area contributed by atoms with E-state index in [1.54, 1.807) is 25.7 Å². The van der Waals surface area contributed by atoms with E-state index in [2.05, 4.69) is 0 Å².